The van der Waals surface area contributed by atoms with E-state index in [0.717, 1.165) is 4.57 Å². The van der Waals surface area contributed by atoms with Crippen LogP contribution in [0.1, 0.15) is 21.5 Å². The number of hydrogen-bond donors (Lipinski definition) is 0. The lowest BCUT2D eigenvalue weighted by Gasteiger charge is -2.10. The molecule has 0 saturated heterocycles. The molecule has 5 nitrogen and oxygen atoms in total. The fourth-order valence-electron chi connectivity index (χ4n) is 2.68. The van der Waals surface area contributed by atoms with Crippen molar-refractivity contribution in [3.63, 3.8) is 0 Å². The maximum Gasteiger partial charge on any atom is 0.338 e. The molecule has 0 unspecified atom stereocenters. The van der Waals surface area contributed by atoms with E-state index in [0.29, 0.717) is 10.1 Å². The summed E-state index contributed by atoms with van der Waals surface area (Å²) in [5.74, 6) is -1.31. The van der Waals surface area contributed by atoms with Crippen molar-refractivity contribution < 1.29 is 9.18 Å². The maximum atomic E-state index is 14.4. The zero-order valence-corrected chi connectivity index (χ0v) is 14.6. The zero-order chi connectivity index (χ0) is 19.4. The summed E-state index contributed by atoms with van der Waals surface area (Å²) in [5, 5.41) is 0. The van der Waals surface area contributed by atoms with Gasteiger partial charge in [0.05, 0.1) is 6.54 Å². The molecule has 0 aliphatic rings. The molecule has 27 heavy (non-hydrogen) atoms. The number of aromatic nitrogens is 2. The fourth-order valence-corrected chi connectivity index (χ4v) is 2.68. The summed E-state index contributed by atoms with van der Waals surface area (Å²) in [7, 11) is 0. The minimum absolute atomic E-state index is 0.173. The molecule has 2 aromatic carbocycles. The molecule has 6 heteroatoms. The molecule has 0 amide bonds. The van der Waals surface area contributed by atoms with Gasteiger partial charge in [-0.15, -0.1) is 0 Å². The van der Waals surface area contributed by atoms with Gasteiger partial charge in [0, 0.05) is 17.3 Å². The minimum atomic E-state index is -0.879. The van der Waals surface area contributed by atoms with Crippen LogP contribution in [0.25, 0.3) is 6.08 Å². The lowest BCUT2D eigenvalue weighted by molar-refractivity contribution is 0.0948. The summed E-state index contributed by atoms with van der Waals surface area (Å²) in [4.78, 5) is 37.6. The van der Waals surface area contributed by atoms with Gasteiger partial charge < -0.3 is 0 Å². The van der Waals surface area contributed by atoms with Gasteiger partial charge in [-0.1, -0.05) is 48.5 Å². The Hall–Kier alpha value is -3.54. The van der Waals surface area contributed by atoms with E-state index in [2.05, 4.69) is 0 Å². The van der Waals surface area contributed by atoms with Gasteiger partial charge in [-0.3, -0.25) is 14.2 Å². The number of carbonyl (C=O) groups excluding carboxylic acids is 1. The first kappa shape index (κ1) is 18.3. The van der Waals surface area contributed by atoms with Crippen LogP contribution in [0, 0.1) is 6.92 Å². The van der Waals surface area contributed by atoms with Gasteiger partial charge in [0.1, 0.15) is 5.83 Å². The van der Waals surface area contributed by atoms with Crippen molar-refractivity contribution in [3.05, 3.63) is 110 Å². The molecule has 0 bridgehead atoms. The Kier molecular flexibility index (Phi) is 5.26. The van der Waals surface area contributed by atoms with Gasteiger partial charge in [0.15, 0.2) is 0 Å². The quantitative estimate of drug-likeness (QED) is 0.715. The number of aryl methyl sites for hydroxylation is 1. The highest BCUT2D eigenvalue weighted by atomic mass is 19.1. The lowest BCUT2D eigenvalue weighted by atomic mass is 10.2. The SMILES string of the molecule is Cc1cn(C/C(F)=C/c2ccccc2)c(=O)n(C(=O)c2ccccc2)c1=O. The lowest BCUT2D eigenvalue weighted by Crippen LogP contribution is -2.44. The van der Waals surface area contributed by atoms with Crippen LogP contribution in [0.3, 0.4) is 0 Å². The average Bonchev–Trinajstić information content (AvgIpc) is 2.67. The first-order valence-corrected chi connectivity index (χ1v) is 8.31. The van der Waals surface area contributed by atoms with Crippen molar-refractivity contribution in [1.29, 1.82) is 0 Å². The molecular formula is C21H17FN2O3. The molecule has 0 spiro atoms. The van der Waals surface area contributed by atoms with Crippen LogP contribution >= 0.6 is 0 Å². The summed E-state index contributed by atoms with van der Waals surface area (Å²) >= 11 is 0. The third-order valence-electron chi connectivity index (χ3n) is 3.99. The molecule has 1 heterocycles. The largest absolute Gasteiger partial charge is 0.338 e. The van der Waals surface area contributed by atoms with Crippen LogP contribution in [0.4, 0.5) is 4.39 Å². The van der Waals surface area contributed by atoms with Crippen molar-refractivity contribution in [1.82, 2.24) is 9.13 Å². The fraction of sp³-hybridized carbons (Fsp3) is 0.0952. The monoisotopic (exact) mass is 364 g/mol. The molecule has 0 N–H and O–H groups in total. The Labute approximate surface area is 154 Å². The van der Waals surface area contributed by atoms with Crippen LogP contribution < -0.4 is 11.2 Å². The van der Waals surface area contributed by atoms with Crippen molar-refractivity contribution in [2.24, 2.45) is 0 Å². The van der Waals surface area contributed by atoms with Gasteiger partial charge in [-0.05, 0) is 30.7 Å². The highest BCUT2D eigenvalue weighted by Gasteiger charge is 2.17. The van der Waals surface area contributed by atoms with E-state index in [1.54, 1.807) is 42.5 Å². The van der Waals surface area contributed by atoms with Crippen molar-refractivity contribution >= 4 is 12.0 Å². The Balaban J connectivity index is 2.02. The minimum Gasteiger partial charge on any atom is -0.293 e. The smallest absolute Gasteiger partial charge is 0.293 e. The van der Waals surface area contributed by atoms with Crippen molar-refractivity contribution in [2.75, 3.05) is 0 Å². The Morgan fingerprint density at radius 1 is 1.00 bits per heavy atom. The molecule has 136 valence electrons. The average molecular weight is 364 g/mol. The topological polar surface area (TPSA) is 61.1 Å². The van der Waals surface area contributed by atoms with E-state index in [9.17, 15) is 18.8 Å². The highest BCUT2D eigenvalue weighted by molar-refractivity contribution is 5.95. The zero-order valence-electron chi connectivity index (χ0n) is 14.6. The van der Waals surface area contributed by atoms with Crippen LogP contribution in [-0.2, 0) is 6.54 Å². The van der Waals surface area contributed by atoms with Gasteiger partial charge in [0.2, 0.25) is 0 Å². The summed E-state index contributed by atoms with van der Waals surface area (Å²) < 4.78 is 15.9. The van der Waals surface area contributed by atoms with E-state index in [1.807, 2.05) is 6.07 Å². The van der Waals surface area contributed by atoms with E-state index in [1.165, 1.54) is 31.3 Å². The van der Waals surface area contributed by atoms with E-state index in [4.69, 9.17) is 0 Å². The molecule has 0 aliphatic heterocycles. The van der Waals surface area contributed by atoms with E-state index in [-0.39, 0.29) is 17.7 Å². The Morgan fingerprint density at radius 3 is 2.22 bits per heavy atom. The van der Waals surface area contributed by atoms with Crippen LogP contribution in [0.15, 0.2) is 82.3 Å². The van der Waals surface area contributed by atoms with Crippen molar-refractivity contribution in [3.8, 4) is 0 Å². The molecule has 3 aromatic rings. The standard InChI is InChI=1S/C21H17FN2O3/c1-15-13-23(14-18(22)12-16-8-4-2-5-9-16)21(27)24(19(15)25)20(26)17-10-6-3-7-11-17/h2-13H,14H2,1H3/b18-12-. The summed E-state index contributed by atoms with van der Waals surface area (Å²) in [6, 6.07) is 16.8. The van der Waals surface area contributed by atoms with Crippen LogP contribution in [-0.4, -0.2) is 15.0 Å². The van der Waals surface area contributed by atoms with Gasteiger partial charge in [0.25, 0.3) is 11.5 Å². The molecule has 0 atom stereocenters. The molecule has 0 radical (unpaired) electrons. The summed E-state index contributed by atoms with van der Waals surface area (Å²) in [5.41, 5.74) is -0.567. The molecule has 0 saturated carbocycles. The van der Waals surface area contributed by atoms with Crippen LogP contribution in [0.2, 0.25) is 0 Å². The molecule has 1 aromatic heterocycles. The third-order valence-corrected chi connectivity index (χ3v) is 3.99. The number of benzene rings is 2. The molecule has 0 aliphatic carbocycles. The second-order valence-corrected chi connectivity index (χ2v) is 6.04. The highest BCUT2D eigenvalue weighted by Crippen LogP contribution is 2.09. The van der Waals surface area contributed by atoms with Gasteiger partial charge in [-0.25, -0.2) is 9.18 Å². The number of rotatable bonds is 4. The second kappa shape index (κ2) is 7.78. The van der Waals surface area contributed by atoms with Crippen molar-refractivity contribution in [2.45, 2.75) is 13.5 Å². The number of hydrogen-bond acceptors (Lipinski definition) is 3. The molecular weight excluding hydrogens is 347 g/mol. The number of allylic oxidation sites excluding steroid dienone is 1. The summed E-state index contributed by atoms with van der Waals surface area (Å²) in [6.45, 7) is 1.10. The predicted octanol–water partition coefficient (Wildman–Crippen LogP) is 3.02. The first-order chi connectivity index (χ1) is 13.0. The predicted molar refractivity (Wildman–Crippen MR) is 101 cm³/mol. The second-order valence-electron chi connectivity index (χ2n) is 6.04. The molecule has 3 rings (SSSR count). The van der Waals surface area contributed by atoms with E-state index < -0.39 is 23.0 Å². The number of carbonyl (C=O) groups is 1. The van der Waals surface area contributed by atoms with Gasteiger partial charge >= 0.3 is 5.69 Å². The summed E-state index contributed by atoms with van der Waals surface area (Å²) in [6.07, 6.45) is 2.56. The third kappa shape index (κ3) is 4.00. The molecule has 0 fully saturated rings. The first-order valence-electron chi connectivity index (χ1n) is 8.31. The number of nitrogens with zero attached hydrogens (tertiary/aromatic N) is 2. The Bertz CT molecular complexity index is 1110. The van der Waals surface area contributed by atoms with Gasteiger partial charge in [-0.2, -0.15) is 4.57 Å². The van der Waals surface area contributed by atoms with Crippen LogP contribution in [0.5, 0.6) is 0 Å². The number of halogens is 1. The Morgan fingerprint density at radius 2 is 1.59 bits per heavy atom. The normalized spacial score (nSPS) is 11.4. The van der Waals surface area contributed by atoms with E-state index >= 15 is 0 Å². The maximum absolute atomic E-state index is 14.4.